The van der Waals surface area contributed by atoms with E-state index in [1.165, 1.54) is 21.8 Å². The minimum atomic E-state index is -0.570. The minimum Gasteiger partial charge on any atom is -0.486 e. The van der Waals surface area contributed by atoms with E-state index in [0.717, 1.165) is 17.0 Å². The van der Waals surface area contributed by atoms with E-state index in [4.69, 9.17) is 9.47 Å². The fourth-order valence-corrected chi connectivity index (χ4v) is 3.58. The van der Waals surface area contributed by atoms with Crippen molar-refractivity contribution in [2.45, 2.75) is 27.1 Å². The van der Waals surface area contributed by atoms with Crippen molar-refractivity contribution in [2.24, 2.45) is 0 Å². The van der Waals surface area contributed by atoms with Crippen LogP contribution in [0.1, 0.15) is 32.4 Å². The van der Waals surface area contributed by atoms with Gasteiger partial charge in [-0.25, -0.2) is 14.8 Å². The first kappa shape index (κ1) is 19.8. The maximum atomic E-state index is 12.3. The lowest BCUT2D eigenvalue weighted by Gasteiger charge is -2.07. The highest BCUT2D eigenvalue weighted by Gasteiger charge is 2.14. The summed E-state index contributed by atoms with van der Waals surface area (Å²) in [6.45, 7) is 4.00. The molecule has 0 N–H and O–H groups in total. The highest BCUT2D eigenvalue weighted by atomic mass is 32.1. The molecule has 3 heterocycles. The zero-order valence-corrected chi connectivity index (χ0v) is 17.3. The number of carbonyl (C=O) groups excluding carboxylic acids is 1. The molecule has 0 spiro atoms. The van der Waals surface area contributed by atoms with Crippen molar-refractivity contribution >= 4 is 23.0 Å². The summed E-state index contributed by atoms with van der Waals surface area (Å²) in [5, 5.41) is 2.29. The summed E-state index contributed by atoms with van der Waals surface area (Å²) in [5.41, 5.74) is 2.83. The number of esters is 1. The van der Waals surface area contributed by atoms with E-state index in [-0.39, 0.29) is 24.5 Å². The third-order valence-corrected chi connectivity index (χ3v) is 5.25. The molecule has 152 valence electrons. The van der Waals surface area contributed by atoms with Crippen molar-refractivity contribution < 1.29 is 14.3 Å². The first-order valence-electron chi connectivity index (χ1n) is 9.29. The molecule has 0 bridgehead atoms. The van der Waals surface area contributed by atoms with E-state index in [0.29, 0.717) is 16.3 Å². The highest BCUT2D eigenvalue weighted by Crippen LogP contribution is 2.17. The fourth-order valence-electron chi connectivity index (χ4n) is 2.90. The summed E-state index contributed by atoms with van der Waals surface area (Å²) in [6, 6.07) is 14.5. The summed E-state index contributed by atoms with van der Waals surface area (Å²) in [5.74, 6) is 0.169. The molecule has 1 aromatic carbocycles. The molecule has 0 saturated heterocycles. The second-order valence-electron chi connectivity index (χ2n) is 6.75. The monoisotopic (exact) mass is 421 g/mol. The Labute approximate surface area is 176 Å². The van der Waals surface area contributed by atoms with Crippen molar-refractivity contribution in [3.05, 3.63) is 91.9 Å². The van der Waals surface area contributed by atoms with E-state index < -0.39 is 5.97 Å². The molecular formula is C22H19N3O4S. The molecule has 3 aromatic heterocycles. The number of rotatable bonds is 6. The Balaban J connectivity index is 1.38. The Morgan fingerprint density at radius 3 is 2.67 bits per heavy atom. The molecule has 30 heavy (non-hydrogen) atoms. The van der Waals surface area contributed by atoms with Gasteiger partial charge in [0.1, 0.15) is 29.6 Å². The van der Waals surface area contributed by atoms with Crippen LogP contribution in [0.25, 0.3) is 5.65 Å². The Hall–Kier alpha value is -3.52. The van der Waals surface area contributed by atoms with Gasteiger partial charge >= 0.3 is 5.97 Å². The lowest BCUT2D eigenvalue weighted by Crippen LogP contribution is -2.18. The number of nitrogens with zero attached hydrogens (tertiary/aromatic N) is 3. The maximum Gasteiger partial charge on any atom is 0.358 e. The summed E-state index contributed by atoms with van der Waals surface area (Å²) >= 11 is 1.32. The average Bonchev–Trinajstić information content (AvgIpc) is 3.21. The summed E-state index contributed by atoms with van der Waals surface area (Å²) in [7, 11) is 0. The van der Waals surface area contributed by atoms with Crippen LogP contribution in [0.2, 0.25) is 0 Å². The van der Waals surface area contributed by atoms with Crippen LogP contribution >= 0.6 is 11.3 Å². The lowest BCUT2D eigenvalue weighted by atomic mass is 10.2. The number of aromatic nitrogens is 3. The van der Waals surface area contributed by atoms with Crippen molar-refractivity contribution in [1.82, 2.24) is 14.4 Å². The van der Waals surface area contributed by atoms with Gasteiger partial charge < -0.3 is 9.47 Å². The van der Waals surface area contributed by atoms with Gasteiger partial charge in [-0.05, 0) is 38.1 Å². The molecule has 0 atom stereocenters. The lowest BCUT2D eigenvalue weighted by molar-refractivity contribution is 0.0461. The summed E-state index contributed by atoms with van der Waals surface area (Å²) in [6.07, 6.45) is 0. The maximum absolute atomic E-state index is 12.3. The summed E-state index contributed by atoms with van der Waals surface area (Å²) < 4.78 is 12.5. The topological polar surface area (TPSA) is 82.8 Å². The molecule has 8 heteroatoms. The van der Waals surface area contributed by atoms with Crippen LogP contribution in [-0.4, -0.2) is 20.3 Å². The number of thiazole rings is 1. The zero-order chi connectivity index (χ0) is 21.1. The predicted octanol–water partition coefficient (Wildman–Crippen LogP) is 3.70. The van der Waals surface area contributed by atoms with Crippen LogP contribution in [-0.2, 0) is 18.0 Å². The van der Waals surface area contributed by atoms with E-state index >= 15 is 0 Å². The first-order valence-corrected chi connectivity index (χ1v) is 10.2. The van der Waals surface area contributed by atoms with Crippen LogP contribution in [0, 0.1) is 13.8 Å². The third-order valence-electron chi connectivity index (χ3n) is 4.43. The Morgan fingerprint density at radius 1 is 1.07 bits per heavy atom. The smallest absolute Gasteiger partial charge is 0.358 e. The number of hydrogen-bond acceptors (Lipinski definition) is 7. The molecule has 7 nitrogen and oxygen atoms in total. The van der Waals surface area contributed by atoms with Crippen LogP contribution < -0.4 is 10.3 Å². The number of ether oxygens (including phenoxy) is 2. The molecule has 4 aromatic rings. The van der Waals surface area contributed by atoms with E-state index in [2.05, 4.69) is 9.97 Å². The second kappa shape index (κ2) is 8.46. The second-order valence-corrected chi connectivity index (χ2v) is 7.69. The van der Waals surface area contributed by atoms with Gasteiger partial charge in [0.25, 0.3) is 5.56 Å². The van der Waals surface area contributed by atoms with Gasteiger partial charge in [0.05, 0.1) is 5.69 Å². The molecule has 0 aliphatic heterocycles. The van der Waals surface area contributed by atoms with E-state index in [1.807, 2.05) is 50.2 Å². The molecule has 0 radical (unpaired) electrons. The number of carbonyl (C=O) groups is 1. The van der Waals surface area contributed by atoms with Gasteiger partial charge in [0.15, 0.2) is 5.69 Å². The molecular weight excluding hydrogens is 402 g/mol. The molecule has 0 aliphatic rings. The van der Waals surface area contributed by atoms with Crippen LogP contribution in [0.3, 0.4) is 0 Å². The van der Waals surface area contributed by atoms with Crippen LogP contribution in [0.5, 0.6) is 5.75 Å². The van der Waals surface area contributed by atoms with Crippen molar-refractivity contribution in [3.63, 3.8) is 0 Å². The van der Waals surface area contributed by atoms with Crippen LogP contribution in [0.4, 0.5) is 0 Å². The number of hydrogen-bond donors (Lipinski definition) is 0. The molecule has 0 unspecified atom stereocenters. The first-order chi connectivity index (χ1) is 14.5. The number of pyridine rings is 1. The molecule has 0 aliphatic carbocycles. The molecule has 4 rings (SSSR count). The highest BCUT2D eigenvalue weighted by molar-refractivity contribution is 7.09. The SMILES string of the molecule is Cc1ccc(OCc2nc(C(=O)OCc3cc(=O)n4c(C)cccc4n3)cs2)cc1. The number of aryl methyl sites for hydroxylation is 2. The van der Waals surface area contributed by atoms with Gasteiger partial charge in [0.2, 0.25) is 0 Å². The normalized spacial score (nSPS) is 10.9. The van der Waals surface area contributed by atoms with Gasteiger partial charge in [-0.2, -0.15) is 0 Å². The minimum absolute atomic E-state index is 0.106. The van der Waals surface area contributed by atoms with Gasteiger partial charge in [-0.3, -0.25) is 9.20 Å². The molecule has 0 saturated carbocycles. The largest absolute Gasteiger partial charge is 0.486 e. The zero-order valence-electron chi connectivity index (χ0n) is 16.5. The Morgan fingerprint density at radius 2 is 1.87 bits per heavy atom. The summed E-state index contributed by atoms with van der Waals surface area (Å²) in [4.78, 5) is 33.3. The average molecular weight is 421 g/mol. The number of benzene rings is 1. The van der Waals surface area contributed by atoms with Crippen molar-refractivity contribution in [2.75, 3.05) is 0 Å². The van der Waals surface area contributed by atoms with Crippen LogP contribution in [0.15, 0.2) is 58.7 Å². The van der Waals surface area contributed by atoms with Crippen molar-refractivity contribution in [1.29, 1.82) is 0 Å². The fraction of sp³-hybridized carbons (Fsp3) is 0.182. The van der Waals surface area contributed by atoms with E-state index in [1.54, 1.807) is 11.4 Å². The number of fused-ring (bicyclic) bond motifs is 1. The van der Waals surface area contributed by atoms with Gasteiger partial charge in [-0.15, -0.1) is 11.3 Å². The molecule has 0 fully saturated rings. The van der Waals surface area contributed by atoms with Crippen molar-refractivity contribution in [3.8, 4) is 5.75 Å². The van der Waals surface area contributed by atoms with Gasteiger partial charge in [-0.1, -0.05) is 23.8 Å². The standard InChI is InChI=1S/C22H19N3O4S/c1-14-6-8-17(9-7-14)28-12-20-24-18(13-30-20)22(27)29-11-16-10-21(26)25-15(2)4-3-5-19(25)23-16/h3-10,13H,11-12H2,1-2H3. The third kappa shape index (κ3) is 4.38. The molecule has 0 amide bonds. The van der Waals surface area contributed by atoms with Gasteiger partial charge in [0, 0.05) is 17.1 Å². The predicted molar refractivity (Wildman–Crippen MR) is 113 cm³/mol. The Kier molecular flexibility index (Phi) is 5.58. The quantitative estimate of drug-likeness (QED) is 0.442. The van der Waals surface area contributed by atoms with E-state index in [9.17, 15) is 9.59 Å². The Bertz CT molecular complexity index is 1260.